The molecule has 0 spiro atoms. The van der Waals surface area contributed by atoms with Gasteiger partial charge >= 0.3 is 0 Å². The summed E-state index contributed by atoms with van der Waals surface area (Å²) in [7, 11) is 3.91. The molecule has 6 heteroatoms. The fraction of sp³-hybridized carbons (Fsp3) is 0.500. The minimum absolute atomic E-state index is 0.437. The van der Waals surface area contributed by atoms with E-state index in [1.165, 1.54) is 18.5 Å². The Kier molecular flexibility index (Phi) is 5.59. The first-order chi connectivity index (χ1) is 11.7. The van der Waals surface area contributed by atoms with Gasteiger partial charge in [0.05, 0.1) is 0 Å². The summed E-state index contributed by atoms with van der Waals surface area (Å²) in [5, 5.41) is 3.57. The number of rotatable bonds is 6. The number of hydrogen-bond donors (Lipinski definition) is 1. The molecule has 1 aliphatic rings. The molecule has 1 saturated heterocycles. The Morgan fingerprint density at radius 3 is 2.92 bits per heavy atom. The summed E-state index contributed by atoms with van der Waals surface area (Å²) < 4.78 is 0. The van der Waals surface area contributed by atoms with Crippen LogP contribution in [0.15, 0.2) is 36.7 Å². The summed E-state index contributed by atoms with van der Waals surface area (Å²) in [5.74, 6) is 1.65. The van der Waals surface area contributed by atoms with Crippen LogP contribution in [-0.4, -0.2) is 59.6 Å². The predicted molar refractivity (Wildman–Crippen MR) is 97.4 cm³/mol. The van der Waals surface area contributed by atoms with Crippen molar-refractivity contribution in [2.75, 3.05) is 43.9 Å². The van der Waals surface area contributed by atoms with Gasteiger partial charge in [-0.3, -0.25) is 4.98 Å². The van der Waals surface area contributed by atoms with Crippen LogP contribution in [-0.2, 0) is 6.42 Å². The van der Waals surface area contributed by atoms with E-state index >= 15 is 0 Å². The molecule has 0 radical (unpaired) electrons. The second-order valence-electron chi connectivity index (χ2n) is 6.49. The lowest BCUT2D eigenvalue weighted by molar-refractivity contribution is 0.218. The molecule has 1 aliphatic heterocycles. The van der Waals surface area contributed by atoms with Gasteiger partial charge in [-0.1, -0.05) is 6.07 Å². The van der Waals surface area contributed by atoms with Crippen molar-refractivity contribution in [3.05, 3.63) is 42.4 Å². The summed E-state index contributed by atoms with van der Waals surface area (Å²) in [6.45, 7) is 3.27. The van der Waals surface area contributed by atoms with Gasteiger partial charge in [0.15, 0.2) is 0 Å². The molecule has 0 aliphatic carbocycles. The Morgan fingerprint density at radius 1 is 1.21 bits per heavy atom. The van der Waals surface area contributed by atoms with E-state index in [4.69, 9.17) is 0 Å². The Labute approximate surface area is 143 Å². The lowest BCUT2D eigenvalue weighted by atomic mass is 10.1. The average molecular weight is 326 g/mol. The number of hydrogen-bond acceptors (Lipinski definition) is 6. The van der Waals surface area contributed by atoms with Crippen molar-refractivity contribution < 1.29 is 0 Å². The van der Waals surface area contributed by atoms with Crippen LogP contribution in [0.1, 0.15) is 18.5 Å². The quantitative estimate of drug-likeness (QED) is 0.877. The standard InChI is InChI=1S/C18H26N6/c1-23(2)18-20-11-8-17(22-18)21-16-7-5-12-24(14-16)13-9-15-6-3-4-10-19-15/h3-4,6,8,10-11,16H,5,7,9,12-14H2,1-2H3,(H,20,21,22). The van der Waals surface area contributed by atoms with E-state index in [-0.39, 0.29) is 0 Å². The largest absolute Gasteiger partial charge is 0.366 e. The summed E-state index contributed by atoms with van der Waals surface area (Å²) in [4.78, 5) is 17.7. The van der Waals surface area contributed by atoms with Crippen molar-refractivity contribution in [1.82, 2.24) is 19.9 Å². The number of piperidine rings is 1. The van der Waals surface area contributed by atoms with Gasteiger partial charge in [-0.25, -0.2) is 4.98 Å². The van der Waals surface area contributed by atoms with Crippen molar-refractivity contribution in [3.63, 3.8) is 0 Å². The molecule has 1 atom stereocenters. The van der Waals surface area contributed by atoms with Crippen molar-refractivity contribution >= 4 is 11.8 Å². The van der Waals surface area contributed by atoms with Crippen molar-refractivity contribution in [2.45, 2.75) is 25.3 Å². The monoisotopic (exact) mass is 326 g/mol. The maximum Gasteiger partial charge on any atom is 0.226 e. The number of nitrogens with zero attached hydrogens (tertiary/aromatic N) is 5. The van der Waals surface area contributed by atoms with Crippen LogP contribution in [0.3, 0.4) is 0 Å². The Morgan fingerprint density at radius 2 is 2.12 bits per heavy atom. The highest BCUT2D eigenvalue weighted by Gasteiger charge is 2.20. The number of anilines is 2. The topological polar surface area (TPSA) is 57.2 Å². The second-order valence-corrected chi connectivity index (χ2v) is 6.49. The minimum Gasteiger partial charge on any atom is -0.366 e. The lowest BCUT2D eigenvalue weighted by Gasteiger charge is -2.33. The Hall–Kier alpha value is -2.21. The molecule has 1 fully saturated rings. The summed E-state index contributed by atoms with van der Waals surface area (Å²) in [5.41, 5.74) is 1.17. The van der Waals surface area contributed by atoms with Gasteiger partial charge < -0.3 is 15.1 Å². The summed E-state index contributed by atoms with van der Waals surface area (Å²) >= 11 is 0. The molecule has 128 valence electrons. The zero-order valence-electron chi connectivity index (χ0n) is 14.5. The highest BCUT2D eigenvalue weighted by molar-refractivity contribution is 5.41. The summed E-state index contributed by atoms with van der Waals surface area (Å²) in [6.07, 6.45) is 7.08. The van der Waals surface area contributed by atoms with Crippen molar-refractivity contribution in [1.29, 1.82) is 0 Å². The fourth-order valence-corrected chi connectivity index (χ4v) is 3.05. The number of pyridine rings is 1. The van der Waals surface area contributed by atoms with Crippen LogP contribution in [0.5, 0.6) is 0 Å². The highest BCUT2D eigenvalue weighted by atomic mass is 15.2. The third-order valence-electron chi connectivity index (χ3n) is 4.31. The van der Waals surface area contributed by atoms with Crippen LogP contribution in [0.4, 0.5) is 11.8 Å². The number of aromatic nitrogens is 3. The van der Waals surface area contributed by atoms with Gasteiger partial charge in [0, 0.05) is 57.7 Å². The van der Waals surface area contributed by atoms with E-state index in [1.54, 1.807) is 0 Å². The lowest BCUT2D eigenvalue weighted by Crippen LogP contribution is -2.43. The van der Waals surface area contributed by atoms with E-state index < -0.39 is 0 Å². The molecule has 3 rings (SSSR count). The van der Waals surface area contributed by atoms with E-state index in [2.05, 4.69) is 37.3 Å². The van der Waals surface area contributed by atoms with Crippen LogP contribution in [0, 0.1) is 0 Å². The summed E-state index contributed by atoms with van der Waals surface area (Å²) in [6, 6.07) is 8.50. The van der Waals surface area contributed by atoms with E-state index in [9.17, 15) is 0 Å². The maximum atomic E-state index is 4.56. The molecule has 0 saturated carbocycles. The smallest absolute Gasteiger partial charge is 0.226 e. The molecule has 0 amide bonds. The molecule has 1 N–H and O–H groups in total. The SMILES string of the molecule is CN(C)c1nccc(NC2CCCN(CCc3ccccn3)C2)n1. The van der Waals surface area contributed by atoms with Crippen molar-refractivity contribution in [2.24, 2.45) is 0 Å². The first-order valence-electron chi connectivity index (χ1n) is 8.60. The van der Waals surface area contributed by atoms with Gasteiger partial charge in [-0.15, -0.1) is 0 Å². The van der Waals surface area contributed by atoms with Gasteiger partial charge in [-0.05, 0) is 37.6 Å². The molecule has 1 unspecified atom stereocenters. The second kappa shape index (κ2) is 8.06. The molecule has 24 heavy (non-hydrogen) atoms. The molecular formula is C18H26N6. The van der Waals surface area contributed by atoms with Gasteiger partial charge in [0.25, 0.3) is 0 Å². The van der Waals surface area contributed by atoms with Gasteiger partial charge in [0.1, 0.15) is 5.82 Å². The van der Waals surface area contributed by atoms with Gasteiger partial charge in [0.2, 0.25) is 5.95 Å². The van der Waals surface area contributed by atoms with Crippen LogP contribution >= 0.6 is 0 Å². The zero-order valence-corrected chi connectivity index (χ0v) is 14.5. The molecule has 0 aromatic carbocycles. The normalized spacial score (nSPS) is 18.3. The third kappa shape index (κ3) is 4.64. The van der Waals surface area contributed by atoms with Gasteiger partial charge in [-0.2, -0.15) is 4.98 Å². The Bertz CT molecular complexity index is 630. The van der Waals surface area contributed by atoms with Crippen LogP contribution in [0.2, 0.25) is 0 Å². The fourth-order valence-electron chi connectivity index (χ4n) is 3.05. The van der Waals surface area contributed by atoms with E-state index in [1.807, 2.05) is 43.5 Å². The molecule has 0 bridgehead atoms. The van der Waals surface area contributed by atoms with Crippen LogP contribution < -0.4 is 10.2 Å². The van der Waals surface area contributed by atoms with Crippen molar-refractivity contribution in [3.8, 4) is 0 Å². The molecular weight excluding hydrogens is 300 g/mol. The molecule has 6 nitrogen and oxygen atoms in total. The molecule has 2 aromatic rings. The van der Waals surface area contributed by atoms with E-state index in [0.29, 0.717) is 6.04 Å². The predicted octanol–water partition coefficient (Wildman–Crippen LogP) is 2.06. The third-order valence-corrected chi connectivity index (χ3v) is 4.31. The minimum atomic E-state index is 0.437. The van der Waals surface area contributed by atoms with Crippen LogP contribution in [0.25, 0.3) is 0 Å². The Balaban J connectivity index is 1.53. The first kappa shape index (κ1) is 16.6. The number of nitrogens with one attached hydrogen (secondary N) is 1. The highest BCUT2D eigenvalue weighted by Crippen LogP contribution is 2.16. The first-order valence-corrected chi connectivity index (χ1v) is 8.60. The average Bonchev–Trinajstić information content (AvgIpc) is 2.61. The molecule has 2 aromatic heterocycles. The maximum absolute atomic E-state index is 4.56. The van der Waals surface area contributed by atoms with E-state index in [0.717, 1.165) is 37.8 Å². The molecule has 3 heterocycles. The number of likely N-dealkylation sites (tertiary alicyclic amines) is 1. The zero-order chi connectivity index (χ0) is 16.8.